The summed E-state index contributed by atoms with van der Waals surface area (Å²) in [6, 6.07) is 0. The molecule has 0 saturated heterocycles. The molecular weight excluding hydrogens is 240 g/mol. The maximum atomic E-state index is 11.4. The van der Waals surface area contributed by atoms with Crippen molar-refractivity contribution >= 4 is 23.2 Å². The smallest absolute Gasteiger partial charge is 0.355 e. The van der Waals surface area contributed by atoms with Gasteiger partial charge in [-0.1, -0.05) is 13.8 Å². The monoisotopic (exact) mass is 256 g/mol. The van der Waals surface area contributed by atoms with Crippen LogP contribution in [0, 0.1) is 5.92 Å². The van der Waals surface area contributed by atoms with Crippen molar-refractivity contribution in [1.29, 1.82) is 0 Å². The highest BCUT2D eigenvalue weighted by Crippen LogP contribution is 2.09. The minimum Gasteiger partial charge on any atom is -0.476 e. The van der Waals surface area contributed by atoms with Crippen LogP contribution in [0.1, 0.15) is 42.2 Å². The van der Waals surface area contributed by atoms with E-state index in [1.54, 1.807) is 0 Å². The third-order valence-corrected chi connectivity index (χ3v) is 3.01. The van der Waals surface area contributed by atoms with Gasteiger partial charge >= 0.3 is 5.97 Å². The van der Waals surface area contributed by atoms with E-state index in [1.165, 1.54) is 16.7 Å². The molecule has 6 heteroatoms. The van der Waals surface area contributed by atoms with Crippen molar-refractivity contribution in [2.45, 2.75) is 33.2 Å². The second kappa shape index (κ2) is 6.34. The Morgan fingerprint density at radius 3 is 2.76 bits per heavy atom. The molecule has 0 aliphatic carbocycles. The Kier molecular flexibility index (Phi) is 5.09. The van der Waals surface area contributed by atoms with Gasteiger partial charge in [0.15, 0.2) is 5.69 Å². The highest BCUT2D eigenvalue weighted by molar-refractivity contribution is 7.09. The summed E-state index contributed by atoms with van der Waals surface area (Å²) in [7, 11) is 0. The largest absolute Gasteiger partial charge is 0.476 e. The molecule has 1 aromatic heterocycles. The van der Waals surface area contributed by atoms with Crippen molar-refractivity contribution in [3.05, 3.63) is 16.1 Å². The summed E-state index contributed by atoms with van der Waals surface area (Å²) >= 11 is 1.24. The lowest BCUT2D eigenvalue weighted by atomic mass is 10.1. The molecule has 94 valence electrons. The first-order chi connectivity index (χ1) is 7.99. The lowest BCUT2D eigenvalue weighted by molar-refractivity contribution is -0.121. The van der Waals surface area contributed by atoms with Gasteiger partial charge in [-0.05, 0) is 12.3 Å². The average Bonchev–Trinajstić information content (AvgIpc) is 2.72. The second-order valence-electron chi connectivity index (χ2n) is 4.14. The van der Waals surface area contributed by atoms with Gasteiger partial charge in [-0.15, -0.1) is 11.3 Å². The molecule has 0 unspecified atom stereocenters. The standard InChI is InChI=1S/C11H16N2O3S/c1-7(2)3-4-9(14)12-5-10-13-8(6-17-10)11(15)16/h6-7H,3-5H2,1-2H3,(H,12,14)(H,15,16). The summed E-state index contributed by atoms with van der Waals surface area (Å²) in [5.74, 6) is -0.566. The van der Waals surface area contributed by atoms with Crippen molar-refractivity contribution in [2.24, 2.45) is 5.92 Å². The van der Waals surface area contributed by atoms with Crippen LogP contribution in [0.25, 0.3) is 0 Å². The fourth-order valence-electron chi connectivity index (χ4n) is 1.17. The molecule has 0 spiro atoms. The van der Waals surface area contributed by atoms with Crippen LogP contribution >= 0.6 is 11.3 Å². The van der Waals surface area contributed by atoms with Crippen molar-refractivity contribution in [1.82, 2.24) is 10.3 Å². The van der Waals surface area contributed by atoms with Crippen LogP contribution in [0.15, 0.2) is 5.38 Å². The first-order valence-corrected chi connectivity index (χ1v) is 6.31. The van der Waals surface area contributed by atoms with E-state index in [4.69, 9.17) is 5.11 Å². The van der Waals surface area contributed by atoms with Crippen LogP contribution in [0.3, 0.4) is 0 Å². The van der Waals surface area contributed by atoms with Crippen LogP contribution in [-0.4, -0.2) is 22.0 Å². The SMILES string of the molecule is CC(C)CCC(=O)NCc1nc(C(=O)O)cs1. The van der Waals surface area contributed by atoms with Gasteiger partial charge in [0.1, 0.15) is 5.01 Å². The molecule has 1 rings (SSSR count). The van der Waals surface area contributed by atoms with Crippen LogP contribution < -0.4 is 5.32 Å². The fraction of sp³-hybridized carbons (Fsp3) is 0.545. The third-order valence-electron chi connectivity index (χ3n) is 2.16. The second-order valence-corrected chi connectivity index (χ2v) is 5.08. The zero-order valence-corrected chi connectivity index (χ0v) is 10.7. The molecule has 0 saturated carbocycles. The van der Waals surface area contributed by atoms with Gasteiger partial charge in [0.05, 0.1) is 6.54 Å². The molecular formula is C11H16N2O3S. The molecule has 1 aromatic rings. The van der Waals surface area contributed by atoms with Gasteiger partial charge in [0.25, 0.3) is 0 Å². The van der Waals surface area contributed by atoms with Crippen molar-refractivity contribution in [2.75, 3.05) is 0 Å². The Hall–Kier alpha value is -1.43. The van der Waals surface area contributed by atoms with E-state index in [0.717, 1.165) is 6.42 Å². The summed E-state index contributed by atoms with van der Waals surface area (Å²) in [6.07, 6.45) is 1.35. The first kappa shape index (κ1) is 13.6. The van der Waals surface area contributed by atoms with Crippen molar-refractivity contribution < 1.29 is 14.7 Å². The number of carboxylic acid groups (broad SMARTS) is 1. The van der Waals surface area contributed by atoms with E-state index in [-0.39, 0.29) is 11.6 Å². The number of nitrogens with zero attached hydrogens (tertiary/aromatic N) is 1. The molecule has 0 bridgehead atoms. The van der Waals surface area contributed by atoms with Gasteiger partial charge < -0.3 is 10.4 Å². The number of carbonyl (C=O) groups is 2. The molecule has 0 atom stereocenters. The van der Waals surface area contributed by atoms with Gasteiger partial charge in [0.2, 0.25) is 5.91 Å². The maximum Gasteiger partial charge on any atom is 0.355 e. The van der Waals surface area contributed by atoms with Crippen LogP contribution in [0.4, 0.5) is 0 Å². The number of hydrogen-bond donors (Lipinski definition) is 2. The molecule has 0 fully saturated rings. The predicted molar refractivity (Wildman–Crippen MR) is 65.0 cm³/mol. The summed E-state index contributed by atoms with van der Waals surface area (Å²) in [5.41, 5.74) is 0.0291. The Labute approximate surface area is 104 Å². The quantitative estimate of drug-likeness (QED) is 0.814. The fourth-order valence-corrected chi connectivity index (χ4v) is 1.88. The number of aromatic nitrogens is 1. The Morgan fingerprint density at radius 1 is 1.53 bits per heavy atom. The van der Waals surface area contributed by atoms with Gasteiger partial charge in [-0.25, -0.2) is 9.78 Å². The number of hydrogen-bond acceptors (Lipinski definition) is 4. The summed E-state index contributed by atoms with van der Waals surface area (Å²) in [5, 5.41) is 13.5. The summed E-state index contributed by atoms with van der Waals surface area (Å²) < 4.78 is 0. The minimum absolute atomic E-state index is 0.0224. The Balaban J connectivity index is 2.34. The lowest BCUT2D eigenvalue weighted by Crippen LogP contribution is -2.22. The first-order valence-electron chi connectivity index (χ1n) is 5.43. The molecule has 0 aliphatic heterocycles. The van der Waals surface area contributed by atoms with E-state index >= 15 is 0 Å². The number of amides is 1. The molecule has 5 nitrogen and oxygen atoms in total. The molecule has 1 heterocycles. The van der Waals surface area contributed by atoms with Gasteiger partial charge in [0, 0.05) is 11.8 Å². The zero-order chi connectivity index (χ0) is 12.8. The minimum atomic E-state index is -1.04. The highest BCUT2D eigenvalue weighted by atomic mass is 32.1. The van der Waals surface area contributed by atoms with Gasteiger partial charge in [-0.2, -0.15) is 0 Å². The van der Waals surface area contributed by atoms with Crippen LogP contribution in [0.5, 0.6) is 0 Å². The molecule has 17 heavy (non-hydrogen) atoms. The number of nitrogens with one attached hydrogen (secondary N) is 1. The van der Waals surface area contributed by atoms with E-state index in [9.17, 15) is 9.59 Å². The van der Waals surface area contributed by atoms with Crippen LogP contribution in [-0.2, 0) is 11.3 Å². The Bertz CT molecular complexity index is 401. The number of rotatable bonds is 6. The lowest BCUT2D eigenvalue weighted by Gasteiger charge is -2.04. The van der Waals surface area contributed by atoms with E-state index in [0.29, 0.717) is 23.9 Å². The number of carbonyl (C=O) groups excluding carboxylic acids is 1. The van der Waals surface area contributed by atoms with Crippen molar-refractivity contribution in [3.63, 3.8) is 0 Å². The number of thiazole rings is 1. The average molecular weight is 256 g/mol. The zero-order valence-electron chi connectivity index (χ0n) is 9.90. The molecule has 0 radical (unpaired) electrons. The number of aromatic carboxylic acids is 1. The molecule has 2 N–H and O–H groups in total. The Morgan fingerprint density at radius 2 is 2.24 bits per heavy atom. The van der Waals surface area contributed by atoms with Crippen LogP contribution in [0.2, 0.25) is 0 Å². The summed E-state index contributed by atoms with van der Waals surface area (Å²) in [4.78, 5) is 25.9. The van der Waals surface area contributed by atoms with E-state index < -0.39 is 5.97 Å². The number of carboxylic acids is 1. The van der Waals surface area contributed by atoms with E-state index in [1.807, 2.05) is 0 Å². The third kappa shape index (κ3) is 4.95. The summed E-state index contributed by atoms with van der Waals surface area (Å²) in [6.45, 7) is 4.43. The normalized spacial score (nSPS) is 10.5. The maximum absolute atomic E-state index is 11.4. The predicted octanol–water partition coefficient (Wildman–Crippen LogP) is 1.89. The van der Waals surface area contributed by atoms with Crippen molar-refractivity contribution in [3.8, 4) is 0 Å². The van der Waals surface area contributed by atoms with E-state index in [2.05, 4.69) is 24.1 Å². The molecule has 0 aliphatic rings. The molecule has 0 aromatic carbocycles. The highest BCUT2D eigenvalue weighted by Gasteiger charge is 2.09. The molecule has 1 amide bonds. The van der Waals surface area contributed by atoms with Gasteiger partial charge in [-0.3, -0.25) is 4.79 Å². The topological polar surface area (TPSA) is 79.3 Å².